The second-order valence-electron chi connectivity index (χ2n) is 7.91. The van der Waals surface area contributed by atoms with Gasteiger partial charge in [0.05, 0.1) is 5.69 Å². The molecule has 1 amide bonds. The van der Waals surface area contributed by atoms with Gasteiger partial charge in [-0.2, -0.15) is 0 Å². The summed E-state index contributed by atoms with van der Waals surface area (Å²) in [6, 6.07) is 22.9. The van der Waals surface area contributed by atoms with Gasteiger partial charge in [-0.3, -0.25) is 4.79 Å². The Morgan fingerprint density at radius 3 is 2.58 bits per heavy atom. The molecule has 0 radical (unpaired) electrons. The van der Waals surface area contributed by atoms with Crippen LogP contribution in [-0.4, -0.2) is 27.5 Å². The zero-order valence-corrected chi connectivity index (χ0v) is 18.9. The fourth-order valence-electron chi connectivity index (χ4n) is 3.83. The van der Waals surface area contributed by atoms with Gasteiger partial charge in [-0.25, -0.2) is 0 Å². The number of aryl methyl sites for hydroxylation is 2. The minimum absolute atomic E-state index is 0.0780. The molecule has 0 atom stereocenters. The topological polar surface area (TPSA) is 69.0 Å². The smallest absolute Gasteiger partial charge is 0.262 e. The van der Waals surface area contributed by atoms with Gasteiger partial charge in [0.25, 0.3) is 5.91 Å². The second kappa shape index (κ2) is 8.56. The Morgan fingerprint density at radius 2 is 1.73 bits per heavy atom. The molecule has 0 fully saturated rings. The molecule has 1 aromatic heterocycles. The van der Waals surface area contributed by atoms with Crippen molar-refractivity contribution in [2.75, 3.05) is 11.9 Å². The molecule has 0 aliphatic rings. The number of benzene rings is 4. The van der Waals surface area contributed by atoms with Gasteiger partial charge in [-0.1, -0.05) is 53.6 Å². The Kier molecular flexibility index (Phi) is 5.44. The van der Waals surface area contributed by atoms with E-state index in [9.17, 15) is 4.79 Å². The van der Waals surface area contributed by atoms with Crippen molar-refractivity contribution in [2.24, 2.45) is 0 Å². The van der Waals surface area contributed by atoms with Crippen LogP contribution >= 0.6 is 11.6 Å². The number of hydrogen-bond acceptors (Lipinski definition) is 4. The Balaban J connectivity index is 1.36. The van der Waals surface area contributed by atoms with E-state index in [1.54, 1.807) is 16.9 Å². The van der Waals surface area contributed by atoms with Crippen molar-refractivity contribution in [1.29, 1.82) is 0 Å². The molecule has 33 heavy (non-hydrogen) atoms. The van der Waals surface area contributed by atoms with E-state index in [1.165, 1.54) is 0 Å². The summed E-state index contributed by atoms with van der Waals surface area (Å²) in [5.41, 5.74) is 5.00. The van der Waals surface area contributed by atoms with Crippen LogP contribution in [0.2, 0.25) is 5.02 Å². The van der Waals surface area contributed by atoms with Crippen LogP contribution in [0, 0.1) is 13.8 Å². The van der Waals surface area contributed by atoms with Gasteiger partial charge < -0.3 is 10.1 Å². The van der Waals surface area contributed by atoms with E-state index in [2.05, 4.69) is 15.5 Å². The van der Waals surface area contributed by atoms with Gasteiger partial charge in [0.1, 0.15) is 16.8 Å². The molecule has 5 rings (SSSR count). The molecule has 1 heterocycles. The molecule has 0 aliphatic heterocycles. The molecule has 1 N–H and O–H groups in total. The summed E-state index contributed by atoms with van der Waals surface area (Å²) in [6.07, 6.45) is 0. The number of halogens is 1. The van der Waals surface area contributed by atoms with Crippen molar-refractivity contribution in [1.82, 2.24) is 15.0 Å². The summed E-state index contributed by atoms with van der Waals surface area (Å²) in [5.74, 6) is 0.453. The number of carbonyl (C=O) groups excluding carboxylic acids is 1. The first-order valence-corrected chi connectivity index (χ1v) is 10.9. The van der Waals surface area contributed by atoms with Crippen LogP contribution in [0.5, 0.6) is 5.75 Å². The lowest BCUT2D eigenvalue weighted by Crippen LogP contribution is -2.20. The van der Waals surface area contributed by atoms with Gasteiger partial charge in [0.15, 0.2) is 6.61 Å². The number of rotatable bonds is 5. The molecule has 6 nitrogen and oxygen atoms in total. The van der Waals surface area contributed by atoms with Crippen LogP contribution in [0.1, 0.15) is 11.1 Å². The first kappa shape index (κ1) is 21.0. The summed E-state index contributed by atoms with van der Waals surface area (Å²) in [7, 11) is 0. The van der Waals surface area contributed by atoms with Crippen LogP contribution < -0.4 is 10.1 Å². The molecular weight excluding hydrogens is 436 g/mol. The molecule has 0 unspecified atom stereocenters. The predicted molar refractivity (Wildman–Crippen MR) is 131 cm³/mol. The van der Waals surface area contributed by atoms with Crippen molar-refractivity contribution in [2.45, 2.75) is 13.8 Å². The summed E-state index contributed by atoms with van der Waals surface area (Å²) in [4.78, 5) is 14.0. The number of nitrogens with one attached hydrogen (secondary N) is 1. The van der Waals surface area contributed by atoms with Crippen molar-refractivity contribution >= 4 is 45.0 Å². The summed E-state index contributed by atoms with van der Waals surface area (Å²) >= 11 is 6.34. The predicted octanol–water partition coefficient (Wildman–Crippen LogP) is 5.86. The zero-order chi connectivity index (χ0) is 22.9. The van der Waals surface area contributed by atoms with Crippen LogP contribution in [0.3, 0.4) is 0 Å². The lowest BCUT2D eigenvalue weighted by atomic mass is 10.1. The van der Waals surface area contributed by atoms with Gasteiger partial charge in [-0.05, 0) is 55.8 Å². The maximum atomic E-state index is 12.4. The van der Waals surface area contributed by atoms with Crippen molar-refractivity contribution in [3.63, 3.8) is 0 Å². The highest BCUT2D eigenvalue weighted by atomic mass is 35.5. The monoisotopic (exact) mass is 456 g/mol. The standard InChI is InChI=1S/C26H21ClN4O2/c1-16-9-12-25(17(2)13-16)33-15-26(32)28-18-10-11-22-23(14-18)30-31(29-22)24-8-4-5-19-20(24)6-3-7-21(19)27/h3-14H,15H2,1-2H3,(H,28,32). The zero-order valence-electron chi connectivity index (χ0n) is 18.2. The van der Waals surface area contributed by atoms with E-state index < -0.39 is 0 Å². The van der Waals surface area contributed by atoms with Gasteiger partial charge >= 0.3 is 0 Å². The summed E-state index contributed by atoms with van der Waals surface area (Å²) < 4.78 is 5.67. The van der Waals surface area contributed by atoms with Gasteiger partial charge in [0.2, 0.25) is 0 Å². The highest BCUT2D eigenvalue weighted by Gasteiger charge is 2.11. The lowest BCUT2D eigenvalue weighted by molar-refractivity contribution is -0.118. The van der Waals surface area contributed by atoms with E-state index in [0.717, 1.165) is 33.1 Å². The SMILES string of the molecule is Cc1ccc(OCC(=O)Nc2ccc3nn(-c4cccc5c(Cl)cccc45)nc3c2)c(C)c1. The third-order valence-electron chi connectivity index (χ3n) is 5.41. The number of aromatic nitrogens is 3. The molecule has 164 valence electrons. The number of carbonyl (C=O) groups is 1. The first-order valence-electron chi connectivity index (χ1n) is 10.5. The molecule has 0 spiro atoms. The fourth-order valence-corrected chi connectivity index (χ4v) is 4.07. The summed E-state index contributed by atoms with van der Waals surface area (Å²) in [5, 5.41) is 14.7. The van der Waals surface area contributed by atoms with Crippen LogP contribution in [0.4, 0.5) is 5.69 Å². The lowest BCUT2D eigenvalue weighted by Gasteiger charge is -2.10. The van der Waals surface area contributed by atoms with E-state index in [-0.39, 0.29) is 12.5 Å². The van der Waals surface area contributed by atoms with E-state index in [1.807, 2.05) is 74.5 Å². The van der Waals surface area contributed by atoms with Gasteiger partial charge in [-0.15, -0.1) is 15.0 Å². The van der Waals surface area contributed by atoms with Crippen LogP contribution in [0.25, 0.3) is 27.5 Å². The molecule has 4 aromatic carbocycles. The molecule has 0 aliphatic carbocycles. The molecule has 0 saturated heterocycles. The fraction of sp³-hybridized carbons (Fsp3) is 0.115. The van der Waals surface area contributed by atoms with Crippen molar-refractivity contribution in [3.8, 4) is 11.4 Å². The maximum absolute atomic E-state index is 12.4. The highest BCUT2D eigenvalue weighted by molar-refractivity contribution is 6.35. The first-order chi connectivity index (χ1) is 16.0. The van der Waals surface area contributed by atoms with Crippen molar-refractivity contribution in [3.05, 3.63) is 88.9 Å². The Bertz CT molecular complexity index is 1510. The summed E-state index contributed by atoms with van der Waals surface area (Å²) in [6.45, 7) is 3.90. The Labute approximate surface area is 195 Å². The molecule has 0 saturated carbocycles. The number of ether oxygens (including phenoxy) is 1. The highest BCUT2D eigenvalue weighted by Crippen LogP contribution is 2.28. The van der Waals surface area contributed by atoms with E-state index in [4.69, 9.17) is 16.3 Å². The average Bonchev–Trinajstić information content (AvgIpc) is 3.22. The van der Waals surface area contributed by atoms with Crippen LogP contribution in [-0.2, 0) is 4.79 Å². The number of anilines is 1. The Morgan fingerprint density at radius 1 is 0.939 bits per heavy atom. The molecule has 5 aromatic rings. The quantitative estimate of drug-likeness (QED) is 0.359. The number of nitrogens with zero attached hydrogens (tertiary/aromatic N) is 3. The largest absolute Gasteiger partial charge is 0.483 e. The average molecular weight is 457 g/mol. The molecule has 7 heteroatoms. The second-order valence-corrected chi connectivity index (χ2v) is 8.32. The third kappa shape index (κ3) is 4.25. The maximum Gasteiger partial charge on any atom is 0.262 e. The number of amides is 1. The van der Waals surface area contributed by atoms with E-state index >= 15 is 0 Å². The Hall–Kier alpha value is -3.90. The van der Waals surface area contributed by atoms with Gasteiger partial charge in [0, 0.05) is 21.5 Å². The van der Waals surface area contributed by atoms with Crippen LogP contribution in [0.15, 0.2) is 72.8 Å². The number of fused-ring (bicyclic) bond motifs is 2. The molecular formula is C26H21ClN4O2. The van der Waals surface area contributed by atoms with Crippen molar-refractivity contribution < 1.29 is 9.53 Å². The third-order valence-corrected chi connectivity index (χ3v) is 5.74. The normalized spacial score (nSPS) is 11.1. The minimum Gasteiger partial charge on any atom is -0.483 e. The number of hydrogen-bond donors (Lipinski definition) is 1. The van der Waals surface area contributed by atoms with E-state index in [0.29, 0.717) is 22.0 Å². The molecule has 0 bridgehead atoms. The minimum atomic E-state index is -0.245.